The minimum absolute atomic E-state index is 0.596. The van der Waals surface area contributed by atoms with E-state index < -0.39 is 0 Å². The third-order valence-corrected chi connectivity index (χ3v) is 3.98. The van der Waals surface area contributed by atoms with E-state index in [1.54, 1.807) is 11.3 Å². The molecule has 1 atom stereocenters. The Morgan fingerprint density at radius 3 is 2.65 bits per heavy atom. The molecular weight excluding hydrogens is 230 g/mol. The van der Waals surface area contributed by atoms with Crippen LogP contribution in [0.2, 0.25) is 0 Å². The molecule has 1 rings (SSSR count). The largest absolute Gasteiger partial charge is 0.349 e. The number of hydrogen-bond donors (Lipinski definition) is 1. The van der Waals surface area contributed by atoms with Gasteiger partial charge in [-0.15, -0.1) is 11.3 Å². The first-order chi connectivity index (χ1) is 8.21. The van der Waals surface area contributed by atoms with E-state index in [9.17, 15) is 0 Å². The van der Waals surface area contributed by atoms with Crippen LogP contribution in [-0.2, 0) is 6.54 Å². The predicted molar refractivity (Wildman–Crippen MR) is 76.9 cm³/mol. The first kappa shape index (κ1) is 14.5. The van der Waals surface area contributed by atoms with Gasteiger partial charge in [-0.1, -0.05) is 13.3 Å². The van der Waals surface area contributed by atoms with Crippen LogP contribution in [0.15, 0.2) is 6.20 Å². The third-order valence-electron chi connectivity index (χ3n) is 2.92. The highest BCUT2D eigenvalue weighted by atomic mass is 32.1. The molecule has 0 aliphatic heterocycles. The average Bonchev–Trinajstić information content (AvgIpc) is 2.77. The molecule has 1 aromatic heterocycles. The minimum Gasteiger partial charge on any atom is -0.349 e. The molecule has 17 heavy (non-hydrogen) atoms. The van der Waals surface area contributed by atoms with Crippen molar-refractivity contribution in [3.05, 3.63) is 11.1 Å². The smallest absolute Gasteiger partial charge is 0.185 e. The average molecular weight is 255 g/mol. The summed E-state index contributed by atoms with van der Waals surface area (Å²) in [6, 6.07) is 0.596. The highest BCUT2D eigenvalue weighted by molar-refractivity contribution is 7.15. The first-order valence-corrected chi connectivity index (χ1v) is 7.45. The van der Waals surface area contributed by atoms with Crippen molar-refractivity contribution >= 4 is 16.5 Å². The number of nitrogens with zero attached hydrogens (tertiary/aromatic N) is 2. The molecule has 1 N–H and O–H groups in total. The molecular formula is C13H25N3S. The zero-order chi connectivity index (χ0) is 12.7. The number of anilines is 1. The van der Waals surface area contributed by atoms with Gasteiger partial charge in [0.2, 0.25) is 0 Å². The monoisotopic (exact) mass is 255 g/mol. The van der Waals surface area contributed by atoms with E-state index in [1.807, 2.05) is 6.20 Å². The lowest BCUT2D eigenvalue weighted by Gasteiger charge is -2.16. The van der Waals surface area contributed by atoms with Crippen LogP contribution in [0.1, 0.15) is 45.4 Å². The lowest BCUT2D eigenvalue weighted by atomic mass is 10.2. The zero-order valence-electron chi connectivity index (χ0n) is 11.5. The molecule has 1 aromatic rings. The SMILES string of the molecule is CCCC(C)NCc1cnc(N(CC)CC)s1. The summed E-state index contributed by atoms with van der Waals surface area (Å²) in [4.78, 5) is 8.11. The molecule has 0 saturated carbocycles. The van der Waals surface area contributed by atoms with E-state index in [0.29, 0.717) is 6.04 Å². The zero-order valence-corrected chi connectivity index (χ0v) is 12.3. The summed E-state index contributed by atoms with van der Waals surface area (Å²) >= 11 is 1.80. The molecule has 1 heterocycles. The molecule has 3 nitrogen and oxygen atoms in total. The van der Waals surface area contributed by atoms with E-state index in [2.05, 4.69) is 42.9 Å². The van der Waals surface area contributed by atoms with Gasteiger partial charge in [-0.05, 0) is 27.2 Å². The van der Waals surface area contributed by atoms with E-state index in [0.717, 1.165) is 24.8 Å². The van der Waals surface area contributed by atoms with Gasteiger partial charge in [-0.2, -0.15) is 0 Å². The van der Waals surface area contributed by atoms with Crippen LogP contribution >= 0.6 is 11.3 Å². The number of nitrogens with one attached hydrogen (secondary N) is 1. The maximum Gasteiger partial charge on any atom is 0.185 e. The van der Waals surface area contributed by atoms with Crippen molar-refractivity contribution in [1.29, 1.82) is 0 Å². The van der Waals surface area contributed by atoms with Crippen molar-refractivity contribution < 1.29 is 0 Å². The second-order valence-corrected chi connectivity index (χ2v) is 5.45. The minimum atomic E-state index is 0.596. The Bertz CT molecular complexity index is 307. The lowest BCUT2D eigenvalue weighted by molar-refractivity contribution is 0.511. The molecule has 0 saturated heterocycles. The summed E-state index contributed by atoms with van der Waals surface area (Å²) in [6.45, 7) is 11.8. The maximum atomic E-state index is 4.49. The predicted octanol–water partition coefficient (Wildman–Crippen LogP) is 3.27. The fourth-order valence-corrected chi connectivity index (χ4v) is 2.82. The molecule has 0 spiro atoms. The van der Waals surface area contributed by atoms with E-state index >= 15 is 0 Å². The van der Waals surface area contributed by atoms with Gasteiger partial charge in [0.15, 0.2) is 5.13 Å². The fraction of sp³-hybridized carbons (Fsp3) is 0.769. The van der Waals surface area contributed by atoms with Crippen LogP contribution in [-0.4, -0.2) is 24.1 Å². The van der Waals surface area contributed by atoms with Gasteiger partial charge in [0.1, 0.15) is 0 Å². The molecule has 0 radical (unpaired) electrons. The van der Waals surface area contributed by atoms with Crippen molar-refractivity contribution in [1.82, 2.24) is 10.3 Å². The Hall–Kier alpha value is -0.610. The quantitative estimate of drug-likeness (QED) is 0.773. The Kier molecular flexibility index (Phi) is 6.52. The Labute approximate surface area is 109 Å². The Morgan fingerprint density at radius 1 is 1.35 bits per heavy atom. The van der Waals surface area contributed by atoms with Crippen molar-refractivity contribution in [2.75, 3.05) is 18.0 Å². The topological polar surface area (TPSA) is 28.2 Å². The van der Waals surface area contributed by atoms with Gasteiger partial charge in [0, 0.05) is 36.8 Å². The van der Waals surface area contributed by atoms with Gasteiger partial charge < -0.3 is 10.2 Å². The standard InChI is InChI=1S/C13H25N3S/c1-5-8-11(4)14-9-12-10-15-13(17-12)16(6-2)7-3/h10-11,14H,5-9H2,1-4H3. The van der Waals surface area contributed by atoms with Crippen LogP contribution in [0.4, 0.5) is 5.13 Å². The molecule has 4 heteroatoms. The van der Waals surface area contributed by atoms with Gasteiger partial charge in [-0.3, -0.25) is 0 Å². The summed E-state index contributed by atoms with van der Waals surface area (Å²) < 4.78 is 0. The maximum absolute atomic E-state index is 4.49. The fourth-order valence-electron chi connectivity index (χ4n) is 1.83. The van der Waals surface area contributed by atoms with E-state index in [4.69, 9.17) is 0 Å². The van der Waals surface area contributed by atoms with Gasteiger partial charge >= 0.3 is 0 Å². The lowest BCUT2D eigenvalue weighted by Crippen LogP contribution is -2.24. The molecule has 0 aliphatic carbocycles. The van der Waals surface area contributed by atoms with Crippen LogP contribution in [0.25, 0.3) is 0 Å². The van der Waals surface area contributed by atoms with Gasteiger partial charge in [0.05, 0.1) is 0 Å². The Balaban J connectivity index is 2.45. The summed E-state index contributed by atoms with van der Waals surface area (Å²) in [5.41, 5.74) is 0. The van der Waals surface area contributed by atoms with Crippen LogP contribution < -0.4 is 10.2 Å². The number of aromatic nitrogens is 1. The van der Waals surface area contributed by atoms with E-state index in [1.165, 1.54) is 17.7 Å². The molecule has 0 amide bonds. The molecule has 0 fully saturated rings. The van der Waals surface area contributed by atoms with Gasteiger partial charge in [-0.25, -0.2) is 4.98 Å². The van der Waals surface area contributed by atoms with Gasteiger partial charge in [0.25, 0.3) is 0 Å². The first-order valence-electron chi connectivity index (χ1n) is 6.64. The molecule has 0 aliphatic rings. The van der Waals surface area contributed by atoms with Crippen molar-refractivity contribution in [2.24, 2.45) is 0 Å². The molecule has 98 valence electrons. The van der Waals surface area contributed by atoms with Crippen LogP contribution in [0.5, 0.6) is 0 Å². The molecule has 0 aromatic carbocycles. The van der Waals surface area contributed by atoms with Crippen LogP contribution in [0, 0.1) is 0 Å². The second-order valence-electron chi connectivity index (χ2n) is 4.35. The Morgan fingerprint density at radius 2 is 2.06 bits per heavy atom. The normalized spacial score (nSPS) is 12.7. The number of hydrogen-bond acceptors (Lipinski definition) is 4. The summed E-state index contributed by atoms with van der Waals surface area (Å²) in [6.07, 6.45) is 4.48. The van der Waals surface area contributed by atoms with Crippen molar-refractivity contribution in [3.63, 3.8) is 0 Å². The number of rotatable bonds is 8. The summed E-state index contributed by atoms with van der Waals surface area (Å²) in [7, 11) is 0. The second kappa shape index (κ2) is 7.67. The van der Waals surface area contributed by atoms with Crippen molar-refractivity contribution in [2.45, 2.75) is 53.1 Å². The molecule has 0 bridgehead atoms. The summed E-state index contributed by atoms with van der Waals surface area (Å²) in [5.74, 6) is 0. The highest BCUT2D eigenvalue weighted by Gasteiger charge is 2.08. The van der Waals surface area contributed by atoms with E-state index in [-0.39, 0.29) is 0 Å². The van der Waals surface area contributed by atoms with Crippen LogP contribution in [0.3, 0.4) is 0 Å². The summed E-state index contributed by atoms with van der Waals surface area (Å²) in [5, 5.41) is 4.69. The number of thiazole rings is 1. The molecule has 1 unspecified atom stereocenters. The highest BCUT2D eigenvalue weighted by Crippen LogP contribution is 2.22. The van der Waals surface area contributed by atoms with Crippen molar-refractivity contribution in [3.8, 4) is 0 Å². The third kappa shape index (κ3) is 4.64.